The van der Waals surface area contributed by atoms with Gasteiger partial charge in [0.2, 0.25) is 0 Å². The van der Waals surface area contributed by atoms with E-state index in [4.69, 9.17) is 0 Å². The number of carbonyl (C=O) groups is 1. The van der Waals surface area contributed by atoms with E-state index < -0.39 is 15.8 Å². The number of carbonyl (C=O) groups excluding carboxylic acids is 1. The number of anilines is 2. The van der Waals surface area contributed by atoms with Gasteiger partial charge in [-0.25, -0.2) is 4.79 Å². The van der Waals surface area contributed by atoms with Crippen LogP contribution in [-0.4, -0.2) is 6.03 Å². The van der Waals surface area contributed by atoms with Crippen molar-refractivity contribution in [2.45, 2.75) is 0 Å². The molecule has 0 atom stereocenters. The summed E-state index contributed by atoms with van der Waals surface area (Å²) in [5, 5.41) is 23.3. The third-order valence-electron chi connectivity index (χ3n) is 13.2. The van der Waals surface area contributed by atoms with Gasteiger partial charge in [-0.2, -0.15) is 0 Å². The van der Waals surface area contributed by atoms with Crippen LogP contribution in [0.15, 0.2) is 267 Å². The van der Waals surface area contributed by atoms with Crippen LogP contribution in [0.4, 0.5) is 16.2 Å². The molecule has 12 rings (SSSR count). The average Bonchev–Trinajstić information content (AvgIpc) is 3.42. The number of hydrogen-bond acceptors (Lipinski definition) is 1. The molecule has 0 spiro atoms. The molecule has 0 aliphatic rings. The number of nitrogens with one attached hydrogen (secondary N) is 2. The fourth-order valence-corrected chi connectivity index (χ4v) is 15.1. The molecule has 0 aliphatic carbocycles. The first kappa shape index (κ1) is 43.1. The molecule has 0 aromatic heterocycles. The van der Waals surface area contributed by atoms with Crippen LogP contribution < -0.4 is 42.5 Å². The van der Waals surface area contributed by atoms with Crippen LogP contribution in [0.5, 0.6) is 0 Å². The largest absolute Gasteiger partial charge is 0.323 e. The Kier molecular flexibility index (Phi) is 11.7. The van der Waals surface area contributed by atoms with E-state index >= 15 is 4.79 Å². The number of amides is 2. The van der Waals surface area contributed by atoms with Crippen LogP contribution >= 0.6 is 15.8 Å². The molecule has 332 valence electrons. The first-order chi connectivity index (χ1) is 34.7. The fraction of sp³-hybridized carbons (Fsp3) is 0. The topological polar surface area (TPSA) is 41.1 Å². The molecule has 12 aromatic rings. The summed E-state index contributed by atoms with van der Waals surface area (Å²) < 4.78 is 0. The van der Waals surface area contributed by atoms with Crippen molar-refractivity contribution in [1.82, 2.24) is 0 Å². The van der Waals surface area contributed by atoms with Gasteiger partial charge in [-0.3, -0.25) is 0 Å². The maximum Gasteiger partial charge on any atom is 0.323 e. The van der Waals surface area contributed by atoms with Gasteiger partial charge in [0.05, 0.1) is 11.4 Å². The summed E-state index contributed by atoms with van der Waals surface area (Å²) in [6.45, 7) is 0. The quantitative estimate of drug-likeness (QED) is 0.132. The van der Waals surface area contributed by atoms with Crippen LogP contribution in [-0.2, 0) is 0 Å². The van der Waals surface area contributed by atoms with E-state index in [1.165, 1.54) is 31.8 Å². The number of urea groups is 1. The van der Waals surface area contributed by atoms with Crippen molar-refractivity contribution in [3.05, 3.63) is 267 Å². The number of fused-ring (bicyclic) bond motifs is 4. The Labute approximate surface area is 410 Å². The van der Waals surface area contributed by atoms with Crippen molar-refractivity contribution in [2.24, 2.45) is 0 Å². The van der Waals surface area contributed by atoms with E-state index in [0.29, 0.717) is 0 Å². The second kappa shape index (κ2) is 19.1. The smallest absolute Gasteiger partial charge is 0.307 e. The van der Waals surface area contributed by atoms with Crippen LogP contribution in [0, 0.1) is 0 Å². The molecule has 2 N–H and O–H groups in total. The minimum absolute atomic E-state index is 0.321. The SMILES string of the molecule is O=C(Nc1ccc2ccccc2c1-c1c(P(c2ccccc2)c2ccccc2)ccc2ccccc12)Nc1ccc2ccccc2c1-c1c(P(c2ccccc2)c2ccccc2)ccc2ccccc12. The van der Waals surface area contributed by atoms with Crippen molar-refractivity contribution in [3.63, 3.8) is 0 Å². The van der Waals surface area contributed by atoms with Crippen molar-refractivity contribution in [3.8, 4) is 22.3 Å². The van der Waals surface area contributed by atoms with E-state index in [0.717, 1.165) is 76.7 Å². The van der Waals surface area contributed by atoms with Gasteiger partial charge in [-0.15, -0.1) is 0 Å². The van der Waals surface area contributed by atoms with E-state index in [-0.39, 0.29) is 6.03 Å². The molecule has 0 heterocycles. The predicted molar refractivity (Wildman–Crippen MR) is 304 cm³/mol. The van der Waals surface area contributed by atoms with Gasteiger partial charge >= 0.3 is 6.03 Å². The van der Waals surface area contributed by atoms with Crippen LogP contribution in [0.1, 0.15) is 0 Å². The number of benzene rings is 12. The summed E-state index contributed by atoms with van der Waals surface area (Å²) in [4.78, 5) is 15.3. The molecular weight excluding hydrogens is 887 g/mol. The first-order valence-electron chi connectivity index (χ1n) is 23.6. The third kappa shape index (κ3) is 8.10. The van der Waals surface area contributed by atoms with Crippen LogP contribution in [0.25, 0.3) is 65.3 Å². The zero-order chi connectivity index (χ0) is 46.8. The van der Waals surface area contributed by atoms with Gasteiger partial charge in [0.15, 0.2) is 0 Å². The Morgan fingerprint density at radius 1 is 0.257 bits per heavy atom. The van der Waals surface area contributed by atoms with Crippen molar-refractivity contribution < 1.29 is 4.79 Å². The molecule has 0 radical (unpaired) electrons. The van der Waals surface area contributed by atoms with Gasteiger partial charge in [0.25, 0.3) is 0 Å². The highest BCUT2D eigenvalue weighted by atomic mass is 31.1. The van der Waals surface area contributed by atoms with E-state index in [1.807, 2.05) is 0 Å². The highest BCUT2D eigenvalue weighted by Crippen LogP contribution is 2.47. The normalized spacial score (nSPS) is 11.5. The van der Waals surface area contributed by atoms with Crippen LogP contribution in [0.3, 0.4) is 0 Å². The second-order valence-electron chi connectivity index (χ2n) is 17.4. The molecule has 0 bridgehead atoms. The van der Waals surface area contributed by atoms with Gasteiger partial charge in [-0.1, -0.05) is 255 Å². The number of hydrogen-bond donors (Lipinski definition) is 2. The fourth-order valence-electron chi connectivity index (χ4n) is 10.1. The molecule has 0 saturated carbocycles. The van der Waals surface area contributed by atoms with Crippen molar-refractivity contribution in [2.75, 3.05) is 10.6 Å². The Hall–Kier alpha value is -8.19. The Bertz CT molecular complexity index is 3530. The molecule has 2 amide bonds. The van der Waals surface area contributed by atoms with Crippen molar-refractivity contribution >= 4 is 108 Å². The maximum atomic E-state index is 15.3. The van der Waals surface area contributed by atoms with E-state index in [9.17, 15) is 0 Å². The summed E-state index contributed by atoms with van der Waals surface area (Å²) in [5.74, 6) is 0. The summed E-state index contributed by atoms with van der Waals surface area (Å²) in [7, 11) is -2.05. The van der Waals surface area contributed by atoms with Gasteiger partial charge in [-0.05, 0) is 103 Å². The minimum atomic E-state index is -1.02. The molecule has 0 aliphatic heterocycles. The zero-order valence-electron chi connectivity index (χ0n) is 38.2. The number of rotatable bonds is 10. The highest BCUT2D eigenvalue weighted by Gasteiger charge is 2.28. The summed E-state index contributed by atoms with van der Waals surface area (Å²) in [5.41, 5.74) is 5.68. The Morgan fingerprint density at radius 3 is 0.829 bits per heavy atom. The third-order valence-corrected chi connectivity index (χ3v) is 18.2. The van der Waals surface area contributed by atoms with E-state index in [1.54, 1.807) is 0 Å². The predicted octanol–water partition coefficient (Wildman–Crippen LogP) is 14.8. The molecule has 3 nitrogen and oxygen atoms in total. The molecule has 0 fully saturated rings. The first-order valence-corrected chi connectivity index (χ1v) is 26.3. The van der Waals surface area contributed by atoms with Gasteiger partial charge < -0.3 is 10.6 Å². The van der Waals surface area contributed by atoms with Gasteiger partial charge in [0.1, 0.15) is 0 Å². The maximum absolute atomic E-state index is 15.3. The molecule has 70 heavy (non-hydrogen) atoms. The minimum Gasteiger partial charge on any atom is -0.307 e. The van der Waals surface area contributed by atoms with Crippen molar-refractivity contribution in [1.29, 1.82) is 0 Å². The Balaban J connectivity index is 1.05. The highest BCUT2D eigenvalue weighted by molar-refractivity contribution is 7.80. The summed E-state index contributed by atoms with van der Waals surface area (Å²) in [6, 6.07) is 95.0. The molecule has 0 unspecified atom stereocenters. The van der Waals surface area contributed by atoms with E-state index in [2.05, 4.69) is 278 Å². The zero-order valence-corrected chi connectivity index (χ0v) is 40.0. The molecule has 5 heteroatoms. The molecule has 0 saturated heterocycles. The average molecular weight is 933 g/mol. The summed E-state index contributed by atoms with van der Waals surface area (Å²) in [6.07, 6.45) is 0. The summed E-state index contributed by atoms with van der Waals surface area (Å²) >= 11 is 0. The molecular formula is C65H46N2OP2. The van der Waals surface area contributed by atoms with Gasteiger partial charge in [0, 0.05) is 22.3 Å². The lowest BCUT2D eigenvalue weighted by Crippen LogP contribution is -2.24. The standard InChI is InChI=1S/C65H46N2OP2/c68-65(66-57-41-37-45-21-13-17-33-53(45)61(57)63-55-35-19-15-23-47(55)39-43-59(63)69(49-25-5-1-6-26-49)50-27-7-2-8-28-50)67-58-42-38-46-22-14-18-34-54(46)62(58)64-56-36-20-16-24-48(56)40-44-60(64)70(51-29-9-3-10-30-51)52-31-11-4-12-32-52/h1-44H,(H2,66,67,68). The second-order valence-corrected chi connectivity index (χ2v) is 21.7. The Morgan fingerprint density at radius 2 is 0.514 bits per heavy atom. The monoisotopic (exact) mass is 932 g/mol. The van der Waals surface area contributed by atoms with Crippen LogP contribution in [0.2, 0.25) is 0 Å². The lowest BCUT2D eigenvalue weighted by atomic mass is 9.92. The molecule has 12 aromatic carbocycles. The lowest BCUT2D eigenvalue weighted by Gasteiger charge is -2.26. The lowest BCUT2D eigenvalue weighted by molar-refractivity contribution is 0.262.